The number of rotatable bonds is 4. The normalized spacial score (nSPS) is 14.6. The number of anilines is 3. The van der Waals surface area contributed by atoms with E-state index in [4.69, 9.17) is 10.5 Å². The minimum atomic E-state index is -3.12. The number of hydrogen-bond acceptors (Lipinski definition) is 4. The molecular weight excluding hydrogens is 408 g/mol. The fourth-order valence-corrected chi connectivity index (χ4v) is 4.27. The lowest BCUT2D eigenvalue weighted by Gasteiger charge is -2.26. The molecule has 1 aliphatic rings. The molecule has 0 radical (unpaired) electrons. The van der Waals surface area contributed by atoms with Crippen LogP contribution in [0.3, 0.4) is 0 Å². The van der Waals surface area contributed by atoms with E-state index in [0.717, 1.165) is 37.3 Å². The molecule has 6 heteroatoms. The van der Waals surface area contributed by atoms with Gasteiger partial charge in [0.05, 0.1) is 11.4 Å². The van der Waals surface area contributed by atoms with E-state index in [-0.39, 0.29) is 0 Å². The maximum absolute atomic E-state index is 14.7. The first-order valence-corrected chi connectivity index (χ1v) is 10.4. The Balaban J connectivity index is 1.73. The van der Waals surface area contributed by atoms with Crippen LogP contribution in [0.5, 0.6) is 5.75 Å². The number of hydrogen-bond donors (Lipinski definition) is 1. The Morgan fingerprint density at radius 1 is 0.812 bits per heavy atom. The van der Waals surface area contributed by atoms with Crippen LogP contribution in [-0.2, 0) is 6.61 Å². The summed E-state index contributed by atoms with van der Waals surface area (Å²) in [5, 5.41) is 1.52. The molecule has 0 saturated heterocycles. The molecule has 0 aromatic heterocycles. The van der Waals surface area contributed by atoms with Crippen molar-refractivity contribution in [1.29, 1.82) is 0 Å². The first-order chi connectivity index (χ1) is 15.4. The van der Waals surface area contributed by atoms with Crippen molar-refractivity contribution >= 4 is 27.8 Å². The van der Waals surface area contributed by atoms with E-state index in [1.165, 1.54) is 14.1 Å². The summed E-state index contributed by atoms with van der Waals surface area (Å²) in [6.45, 7) is 0.350. The lowest BCUT2D eigenvalue weighted by molar-refractivity contribution is 0.0122. The van der Waals surface area contributed by atoms with Crippen molar-refractivity contribution in [3.05, 3.63) is 84.4 Å². The molecule has 4 aromatic carbocycles. The number of nitrogens with two attached hydrogens (primary N) is 1. The highest BCUT2D eigenvalue weighted by atomic mass is 19.3. The highest BCUT2D eigenvalue weighted by Gasteiger charge is 2.48. The fourth-order valence-electron chi connectivity index (χ4n) is 4.27. The molecule has 0 spiro atoms. The molecule has 0 saturated carbocycles. The zero-order chi connectivity index (χ0) is 22.5. The van der Waals surface area contributed by atoms with Gasteiger partial charge in [0.1, 0.15) is 12.4 Å². The molecule has 32 heavy (non-hydrogen) atoms. The summed E-state index contributed by atoms with van der Waals surface area (Å²) in [7, 11) is 2.80. The van der Waals surface area contributed by atoms with Crippen LogP contribution in [-0.4, -0.2) is 20.3 Å². The second kappa shape index (κ2) is 7.41. The number of fused-ring (bicyclic) bond motifs is 2. The first-order valence-electron chi connectivity index (χ1n) is 10.4. The summed E-state index contributed by atoms with van der Waals surface area (Å²) in [5.74, 6) is 0.565. The molecule has 0 aliphatic carbocycles. The predicted molar refractivity (Wildman–Crippen MR) is 126 cm³/mol. The molecule has 0 unspecified atom stereocenters. The SMILES string of the molecule is CN1c2cc3c(OCc4ccccc4)cc(N)c(-c4ccccc4)c3cc2N(C)C1(F)F. The third-order valence-corrected chi connectivity index (χ3v) is 6.05. The monoisotopic (exact) mass is 431 g/mol. The van der Waals surface area contributed by atoms with Crippen molar-refractivity contribution in [2.24, 2.45) is 0 Å². The van der Waals surface area contributed by atoms with Gasteiger partial charge in [-0.3, -0.25) is 9.80 Å². The van der Waals surface area contributed by atoms with Crippen LogP contribution in [0.25, 0.3) is 21.9 Å². The van der Waals surface area contributed by atoms with Crippen LogP contribution in [0.4, 0.5) is 25.8 Å². The third kappa shape index (κ3) is 3.11. The van der Waals surface area contributed by atoms with Crippen molar-refractivity contribution in [3.8, 4) is 16.9 Å². The van der Waals surface area contributed by atoms with Gasteiger partial charge in [-0.25, -0.2) is 0 Å². The van der Waals surface area contributed by atoms with E-state index in [1.54, 1.807) is 18.2 Å². The second-order valence-corrected chi connectivity index (χ2v) is 7.99. The number of nitrogen functional groups attached to an aromatic ring is 1. The van der Waals surface area contributed by atoms with Crippen molar-refractivity contribution in [2.45, 2.75) is 12.8 Å². The predicted octanol–water partition coefficient (Wildman–Crippen LogP) is 6.10. The Labute approximate surface area is 185 Å². The lowest BCUT2D eigenvalue weighted by atomic mass is 9.94. The Morgan fingerprint density at radius 2 is 1.38 bits per heavy atom. The summed E-state index contributed by atoms with van der Waals surface area (Å²) in [5.41, 5.74) is 10.7. The van der Waals surface area contributed by atoms with E-state index in [0.29, 0.717) is 29.4 Å². The van der Waals surface area contributed by atoms with Gasteiger partial charge in [0.2, 0.25) is 0 Å². The van der Waals surface area contributed by atoms with E-state index >= 15 is 0 Å². The van der Waals surface area contributed by atoms with Crippen LogP contribution < -0.4 is 20.3 Å². The molecule has 0 atom stereocenters. The molecule has 2 N–H and O–H groups in total. The van der Waals surface area contributed by atoms with Gasteiger partial charge in [-0.05, 0) is 28.6 Å². The summed E-state index contributed by atoms with van der Waals surface area (Å²) in [4.78, 5) is 1.98. The van der Waals surface area contributed by atoms with Crippen LogP contribution in [0.2, 0.25) is 0 Å². The zero-order valence-electron chi connectivity index (χ0n) is 17.8. The average Bonchev–Trinajstić information content (AvgIpc) is 2.97. The van der Waals surface area contributed by atoms with Crippen LogP contribution in [0, 0.1) is 0 Å². The number of benzene rings is 4. The maximum Gasteiger partial charge on any atom is 0.413 e. The molecule has 0 bridgehead atoms. The topological polar surface area (TPSA) is 41.7 Å². The van der Waals surface area contributed by atoms with Crippen molar-refractivity contribution in [1.82, 2.24) is 0 Å². The Kier molecular flexibility index (Phi) is 4.66. The van der Waals surface area contributed by atoms with Crippen LogP contribution in [0.1, 0.15) is 5.56 Å². The standard InChI is InChI=1S/C26H23F2N3O/c1-30-22-13-19-20(14-23(22)31(2)26(30,27)28)25(18-11-7-4-8-12-18)21(29)15-24(19)32-16-17-9-5-3-6-10-17/h3-15H,16,29H2,1-2H3. The summed E-state index contributed by atoms with van der Waals surface area (Å²) in [6, 6.07) is 24.9. The van der Waals surface area contributed by atoms with Gasteiger partial charge in [0.15, 0.2) is 0 Å². The Hall–Kier alpha value is -3.80. The van der Waals surface area contributed by atoms with Crippen LogP contribution >= 0.6 is 0 Å². The number of ether oxygens (including phenoxy) is 1. The Bertz CT molecular complexity index is 1290. The van der Waals surface area contributed by atoms with Gasteiger partial charge in [-0.2, -0.15) is 8.78 Å². The minimum Gasteiger partial charge on any atom is -0.488 e. The van der Waals surface area contributed by atoms with E-state index in [2.05, 4.69) is 0 Å². The molecule has 4 aromatic rings. The van der Waals surface area contributed by atoms with Crippen LogP contribution in [0.15, 0.2) is 78.9 Å². The Morgan fingerprint density at radius 3 is 2.00 bits per heavy atom. The molecule has 162 valence electrons. The fraction of sp³-hybridized carbons (Fsp3) is 0.154. The maximum atomic E-state index is 14.7. The third-order valence-electron chi connectivity index (χ3n) is 6.05. The molecule has 1 aliphatic heterocycles. The number of nitrogens with zero attached hydrogens (tertiary/aromatic N) is 2. The van der Waals surface area contributed by atoms with Gasteiger partial charge in [-0.1, -0.05) is 60.7 Å². The summed E-state index contributed by atoms with van der Waals surface area (Å²) >= 11 is 0. The van der Waals surface area contributed by atoms with E-state index in [9.17, 15) is 8.78 Å². The summed E-state index contributed by atoms with van der Waals surface area (Å²) in [6.07, 6.45) is -3.12. The highest BCUT2D eigenvalue weighted by Crippen LogP contribution is 2.50. The second-order valence-electron chi connectivity index (χ2n) is 7.99. The molecule has 4 nitrogen and oxygen atoms in total. The number of alkyl halides is 2. The lowest BCUT2D eigenvalue weighted by Crippen LogP contribution is -2.46. The molecule has 0 fully saturated rings. The van der Waals surface area contributed by atoms with Gasteiger partial charge in [0, 0.05) is 36.8 Å². The summed E-state index contributed by atoms with van der Waals surface area (Å²) < 4.78 is 35.6. The molecule has 1 heterocycles. The molecular formula is C26H23F2N3O. The molecule has 0 amide bonds. The average molecular weight is 431 g/mol. The van der Waals surface area contributed by atoms with Crippen molar-refractivity contribution in [3.63, 3.8) is 0 Å². The first kappa shape index (κ1) is 20.1. The van der Waals surface area contributed by atoms with E-state index < -0.39 is 6.17 Å². The van der Waals surface area contributed by atoms with Gasteiger partial charge in [-0.15, -0.1) is 0 Å². The zero-order valence-corrected chi connectivity index (χ0v) is 17.8. The van der Waals surface area contributed by atoms with Gasteiger partial charge < -0.3 is 10.5 Å². The quantitative estimate of drug-likeness (QED) is 0.313. The smallest absolute Gasteiger partial charge is 0.413 e. The van der Waals surface area contributed by atoms with E-state index in [1.807, 2.05) is 60.7 Å². The largest absolute Gasteiger partial charge is 0.488 e. The van der Waals surface area contributed by atoms with Gasteiger partial charge >= 0.3 is 6.17 Å². The van der Waals surface area contributed by atoms with Crippen molar-refractivity contribution < 1.29 is 13.5 Å². The van der Waals surface area contributed by atoms with Gasteiger partial charge in [0.25, 0.3) is 0 Å². The number of halogens is 2. The molecule has 5 rings (SSSR count). The highest BCUT2D eigenvalue weighted by molar-refractivity contribution is 6.09. The minimum absolute atomic E-state index is 0.350. The van der Waals surface area contributed by atoms with Crippen molar-refractivity contribution in [2.75, 3.05) is 29.6 Å².